The van der Waals surface area contributed by atoms with Crippen LogP contribution in [0.15, 0.2) is 6.20 Å². The van der Waals surface area contributed by atoms with E-state index in [9.17, 15) is 0 Å². The molecule has 1 aromatic heterocycles. The van der Waals surface area contributed by atoms with Crippen LogP contribution >= 0.6 is 0 Å². The van der Waals surface area contributed by atoms with Crippen LogP contribution < -0.4 is 5.32 Å². The minimum absolute atomic E-state index is 0.336. The Hall–Kier alpha value is -0.940. The van der Waals surface area contributed by atoms with Crippen molar-refractivity contribution >= 4 is 0 Å². The third-order valence-electron chi connectivity index (χ3n) is 2.47. The molecule has 1 aromatic rings. The molecule has 98 valence electrons. The van der Waals surface area contributed by atoms with Crippen LogP contribution in [0.2, 0.25) is 0 Å². The summed E-state index contributed by atoms with van der Waals surface area (Å²) in [5, 5.41) is 11.5. The molecule has 0 unspecified atom stereocenters. The number of nitrogens with zero attached hydrogens (tertiary/aromatic N) is 3. The lowest BCUT2D eigenvalue weighted by Gasteiger charge is -2.17. The van der Waals surface area contributed by atoms with Crippen molar-refractivity contribution in [3.05, 3.63) is 11.9 Å². The van der Waals surface area contributed by atoms with Crippen molar-refractivity contribution in [2.24, 2.45) is 5.41 Å². The molecule has 1 rings (SSSR count). The molecule has 0 spiro atoms. The van der Waals surface area contributed by atoms with Gasteiger partial charge in [-0.3, -0.25) is 4.68 Å². The number of hydrogen-bond donors (Lipinski definition) is 1. The number of hydrogen-bond acceptors (Lipinski definition) is 4. The zero-order valence-corrected chi connectivity index (χ0v) is 11.4. The second-order valence-electron chi connectivity index (χ2n) is 5.45. The summed E-state index contributed by atoms with van der Waals surface area (Å²) in [6.45, 7) is 9.93. The quantitative estimate of drug-likeness (QED) is 0.733. The van der Waals surface area contributed by atoms with Gasteiger partial charge in [0.05, 0.1) is 12.3 Å². The number of aromatic nitrogens is 3. The Kier molecular flexibility index (Phi) is 5.58. The standard InChI is InChI=1S/C12H24N4O/c1-12(2,3)5-7-16-10-11(14-15-16)9-13-6-8-17-4/h10,13H,5-9H2,1-4H3. The third kappa shape index (κ3) is 6.38. The van der Waals surface area contributed by atoms with Crippen molar-refractivity contribution in [3.63, 3.8) is 0 Å². The summed E-state index contributed by atoms with van der Waals surface area (Å²) < 4.78 is 6.87. The summed E-state index contributed by atoms with van der Waals surface area (Å²) in [6.07, 6.45) is 3.11. The maximum atomic E-state index is 4.96. The molecule has 0 saturated carbocycles. The summed E-state index contributed by atoms with van der Waals surface area (Å²) >= 11 is 0. The Balaban J connectivity index is 2.28. The number of methoxy groups -OCH3 is 1. The van der Waals surface area contributed by atoms with E-state index >= 15 is 0 Å². The lowest BCUT2D eigenvalue weighted by atomic mass is 9.92. The highest BCUT2D eigenvalue weighted by Gasteiger charge is 2.10. The van der Waals surface area contributed by atoms with Gasteiger partial charge in [-0.1, -0.05) is 26.0 Å². The molecule has 0 aromatic carbocycles. The maximum Gasteiger partial charge on any atom is 0.0964 e. The predicted octanol–water partition coefficient (Wildman–Crippen LogP) is 1.45. The fourth-order valence-corrected chi connectivity index (χ4v) is 1.37. The summed E-state index contributed by atoms with van der Waals surface area (Å²) in [6, 6.07) is 0. The van der Waals surface area contributed by atoms with Crippen molar-refractivity contribution in [2.75, 3.05) is 20.3 Å². The molecule has 0 aliphatic heterocycles. The van der Waals surface area contributed by atoms with Crippen LogP contribution in [0.1, 0.15) is 32.9 Å². The highest BCUT2D eigenvalue weighted by molar-refractivity contribution is 4.91. The van der Waals surface area contributed by atoms with Gasteiger partial charge < -0.3 is 10.1 Å². The van der Waals surface area contributed by atoms with Crippen molar-refractivity contribution in [2.45, 2.75) is 40.3 Å². The lowest BCUT2D eigenvalue weighted by molar-refractivity contribution is 0.199. The van der Waals surface area contributed by atoms with E-state index in [1.165, 1.54) is 0 Å². The molecule has 17 heavy (non-hydrogen) atoms. The van der Waals surface area contributed by atoms with Crippen LogP contribution in [0.3, 0.4) is 0 Å². The SMILES string of the molecule is COCCNCc1cn(CCC(C)(C)C)nn1. The third-order valence-corrected chi connectivity index (χ3v) is 2.47. The molecule has 0 radical (unpaired) electrons. The van der Waals surface area contributed by atoms with Crippen molar-refractivity contribution in [3.8, 4) is 0 Å². The number of rotatable bonds is 7. The highest BCUT2D eigenvalue weighted by atomic mass is 16.5. The summed E-state index contributed by atoms with van der Waals surface area (Å²) in [5.41, 5.74) is 1.32. The summed E-state index contributed by atoms with van der Waals surface area (Å²) in [4.78, 5) is 0. The molecule has 0 aliphatic rings. The van der Waals surface area contributed by atoms with Crippen LogP contribution in [-0.4, -0.2) is 35.3 Å². The normalized spacial score (nSPS) is 12.0. The van der Waals surface area contributed by atoms with Crippen molar-refractivity contribution < 1.29 is 4.74 Å². The molecule has 5 heteroatoms. The van der Waals surface area contributed by atoms with Gasteiger partial charge in [0, 0.05) is 32.9 Å². The zero-order chi connectivity index (χ0) is 12.7. The highest BCUT2D eigenvalue weighted by Crippen LogP contribution is 2.18. The van der Waals surface area contributed by atoms with E-state index in [0.717, 1.165) is 38.4 Å². The second-order valence-corrected chi connectivity index (χ2v) is 5.45. The minimum atomic E-state index is 0.336. The molecule has 0 fully saturated rings. The summed E-state index contributed by atoms with van der Waals surface area (Å²) in [5.74, 6) is 0. The van der Waals surface area contributed by atoms with Gasteiger partial charge in [0.1, 0.15) is 0 Å². The predicted molar refractivity (Wildman–Crippen MR) is 67.7 cm³/mol. The number of nitrogens with one attached hydrogen (secondary N) is 1. The van der Waals surface area contributed by atoms with Gasteiger partial charge in [0.2, 0.25) is 0 Å². The molecule has 0 amide bonds. The van der Waals surface area contributed by atoms with E-state index in [-0.39, 0.29) is 0 Å². The molecule has 0 saturated heterocycles. The fourth-order valence-electron chi connectivity index (χ4n) is 1.37. The smallest absolute Gasteiger partial charge is 0.0964 e. The van der Waals surface area contributed by atoms with E-state index in [2.05, 4.69) is 36.4 Å². The Labute approximate surface area is 104 Å². The first-order chi connectivity index (χ1) is 8.01. The van der Waals surface area contributed by atoms with Crippen LogP contribution in [0, 0.1) is 5.41 Å². The monoisotopic (exact) mass is 240 g/mol. The maximum absolute atomic E-state index is 4.96. The minimum Gasteiger partial charge on any atom is -0.383 e. The molecule has 0 aliphatic carbocycles. The van der Waals surface area contributed by atoms with Crippen molar-refractivity contribution in [1.29, 1.82) is 0 Å². The molecule has 1 heterocycles. The summed E-state index contributed by atoms with van der Waals surface area (Å²) in [7, 11) is 1.70. The van der Waals surface area contributed by atoms with Crippen LogP contribution in [0.4, 0.5) is 0 Å². The topological polar surface area (TPSA) is 52.0 Å². The van der Waals surface area contributed by atoms with Gasteiger partial charge in [0.15, 0.2) is 0 Å². The average molecular weight is 240 g/mol. The van der Waals surface area contributed by atoms with Gasteiger partial charge >= 0.3 is 0 Å². The largest absolute Gasteiger partial charge is 0.383 e. The molecular formula is C12H24N4O. The van der Waals surface area contributed by atoms with E-state index in [1.54, 1.807) is 7.11 Å². The molecule has 1 N–H and O–H groups in total. The number of aryl methyl sites for hydroxylation is 1. The molecular weight excluding hydrogens is 216 g/mol. The van der Waals surface area contributed by atoms with Crippen LogP contribution in [-0.2, 0) is 17.8 Å². The van der Waals surface area contributed by atoms with Crippen LogP contribution in [0.25, 0.3) is 0 Å². The Morgan fingerprint density at radius 3 is 2.82 bits per heavy atom. The van der Waals surface area contributed by atoms with Gasteiger partial charge in [-0.05, 0) is 11.8 Å². The number of ether oxygens (including phenoxy) is 1. The molecule has 0 bridgehead atoms. The van der Waals surface area contributed by atoms with Gasteiger partial charge in [-0.2, -0.15) is 0 Å². The van der Waals surface area contributed by atoms with Gasteiger partial charge in [-0.25, -0.2) is 0 Å². The Bertz CT molecular complexity index is 317. The first kappa shape index (κ1) is 14.1. The fraction of sp³-hybridized carbons (Fsp3) is 0.833. The van der Waals surface area contributed by atoms with Crippen molar-refractivity contribution in [1.82, 2.24) is 20.3 Å². The van der Waals surface area contributed by atoms with Crippen LogP contribution in [0.5, 0.6) is 0 Å². The first-order valence-corrected chi connectivity index (χ1v) is 6.10. The van der Waals surface area contributed by atoms with Gasteiger partial charge in [0.25, 0.3) is 0 Å². The van der Waals surface area contributed by atoms with Gasteiger partial charge in [-0.15, -0.1) is 5.10 Å². The Morgan fingerprint density at radius 2 is 2.18 bits per heavy atom. The molecule has 5 nitrogen and oxygen atoms in total. The first-order valence-electron chi connectivity index (χ1n) is 6.10. The zero-order valence-electron chi connectivity index (χ0n) is 11.4. The second kappa shape index (κ2) is 6.71. The Morgan fingerprint density at radius 1 is 1.41 bits per heavy atom. The average Bonchev–Trinajstić information content (AvgIpc) is 2.69. The van der Waals surface area contributed by atoms with E-state index < -0.39 is 0 Å². The van der Waals surface area contributed by atoms with E-state index in [0.29, 0.717) is 5.41 Å². The lowest BCUT2D eigenvalue weighted by Crippen LogP contribution is -2.18. The van der Waals surface area contributed by atoms with E-state index in [4.69, 9.17) is 4.74 Å². The molecule has 0 atom stereocenters. The van der Waals surface area contributed by atoms with E-state index in [1.807, 2.05) is 10.9 Å².